The number of carbonyl (C=O) groups is 2. The number of nitrogens with zero attached hydrogens (tertiary/aromatic N) is 2. The maximum absolute atomic E-state index is 14.5. The van der Waals surface area contributed by atoms with Crippen LogP contribution in [0.25, 0.3) is 0 Å². The Kier molecular flexibility index (Phi) is 10.6. The number of carbonyl (C=O) groups excluding carboxylic acids is 2. The predicted octanol–water partition coefficient (Wildman–Crippen LogP) is 6.54. The molecule has 1 atom stereocenters. The third kappa shape index (κ3) is 8.32. The number of rotatable bonds is 12. The number of amides is 2. The lowest BCUT2D eigenvalue weighted by Gasteiger charge is -2.34. The Labute approximate surface area is 270 Å². The molecule has 0 saturated heterocycles. The average molecular weight is 644 g/mol. The Hall–Kier alpha value is -4.14. The summed E-state index contributed by atoms with van der Waals surface area (Å²) in [5.41, 5.74) is 3.15. The molecule has 2 amide bonds. The predicted molar refractivity (Wildman–Crippen MR) is 178 cm³/mol. The van der Waals surface area contributed by atoms with E-state index in [0.717, 1.165) is 46.7 Å². The smallest absolute Gasteiger partial charge is 0.264 e. The van der Waals surface area contributed by atoms with Gasteiger partial charge in [0.15, 0.2) is 0 Å². The van der Waals surface area contributed by atoms with Gasteiger partial charge < -0.3 is 10.2 Å². The highest BCUT2D eigenvalue weighted by molar-refractivity contribution is 7.92. The highest BCUT2D eigenvalue weighted by atomic mass is 35.5. The molecule has 1 aliphatic carbocycles. The summed E-state index contributed by atoms with van der Waals surface area (Å²) >= 11 is 6.06. The number of aryl methyl sites for hydroxylation is 1. The van der Waals surface area contributed by atoms with Gasteiger partial charge >= 0.3 is 0 Å². The molecule has 0 aliphatic heterocycles. The second-order valence-electron chi connectivity index (χ2n) is 11.5. The van der Waals surface area contributed by atoms with Crippen LogP contribution in [0.2, 0.25) is 5.02 Å². The van der Waals surface area contributed by atoms with Crippen LogP contribution in [0, 0.1) is 6.92 Å². The number of nitrogens with one attached hydrogen (secondary N) is 1. The van der Waals surface area contributed by atoms with Crippen molar-refractivity contribution in [2.75, 3.05) is 10.8 Å². The van der Waals surface area contributed by atoms with Crippen molar-refractivity contribution in [1.29, 1.82) is 0 Å². The summed E-state index contributed by atoms with van der Waals surface area (Å²) in [6.45, 7) is 1.63. The summed E-state index contributed by atoms with van der Waals surface area (Å²) in [7, 11) is -4.17. The molecule has 234 valence electrons. The summed E-state index contributed by atoms with van der Waals surface area (Å²) in [5.74, 6) is -0.725. The van der Waals surface area contributed by atoms with Crippen molar-refractivity contribution in [3.05, 3.63) is 131 Å². The molecule has 0 heterocycles. The van der Waals surface area contributed by atoms with E-state index >= 15 is 0 Å². The van der Waals surface area contributed by atoms with Gasteiger partial charge in [0.1, 0.15) is 12.6 Å². The molecule has 45 heavy (non-hydrogen) atoms. The molecular formula is C36H38ClN3O4S. The van der Waals surface area contributed by atoms with Crippen molar-refractivity contribution in [2.45, 2.75) is 62.6 Å². The highest BCUT2D eigenvalue weighted by Crippen LogP contribution is 2.26. The van der Waals surface area contributed by atoms with E-state index in [-0.39, 0.29) is 29.8 Å². The lowest BCUT2D eigenvalue weighted by atomic mass is 10.0. The van der Waals surface area contributed by atoms with E-state index in [1.807, 2.05) is 61.5 Å². The fraction of sp³-hybridized carbons (Fsp3) is 0.278. The van der Waals surface area contributed by atoms with Gasteiger partial charge in [0.25, 0.3) is 10.0 Å². The van der Waals surface area contributed by atoms with Crippen LogP contribution in [-0.2, 0) is 32.6 Å². The second-order valence-corrected chi connectivity index (χ2v) is 13.8. The molecule has 1 unspecified atom stereocenters. The van der Waals surface area contributed by atoms with Gasteiger partial charge in [-0.2, -0.15) is 0 Å². The Morgan fingerprint density at radius 1 is 0.822 bits per heavy atom. The van der Waals surface area contributed by atoms with Crippen LogP contribution >= 0.6 is 11.6 Å². The minimum absolute atomic E-state index is 0.00782. The molecular weight excluding hydrogens is 606 g/mol. The monoisotopic (exact) mass is 643 g/mol. The van der Waals surface area contributed by atoms with Crippen molar-refractivity contribution < 1.29 is 18.0 Å². The first-order valence-corrected chi connectivity index (χ1v) is 17.1. The van der Waals surface area contributed by atoms with Crippen LogP contribution < -0.4 is 9.62 Å². The van der Waals surface area contributed by atoms with E-state index in [9.17, 15) is 18.0 Å². The average Bonchev–Trinajstić information content (AvgIpc) is 3.56. The van der Waals surface area contributed by atoms with Gasteiger partial charge in [0, 0.05) is 24.0 Å². The van der Waals surface area contributed by atoms with Crippen LogP contribution in [0.1, 0.15) is 42.4 Å². The molecule has 1 N–H and O–H groups in total. The Morgan fingerprint density at radius 2 is 1.42 bits per heavy atom. The number of para-hydroxylation sites is 1. The number of sulfonamides is 1. The zero-order valence-electron chi connectivity index (χ0n) is 25.3. The fourth-order valence-electron chi connectivity index (χ4n) is 5.67. The number of benzene rings is 4. The zero-order valence-corrected chi connectivity index (χ0v) is 26.9. The molecule has 0 aromatic heterocycles. The zero-order chi connectivity index (χ0) is 31.8. The Balaban J connectivity index is 1.54. The van der Waals surface area contributed by atoms with Crippen molar-refractivity contribution in [3.63, 3.8) is 0 Å². The lowest BCUT2D eigenvalue weighted by molar-refractivity contribution is -0.140. The number of hydrogen-bond donors (Lipinski definition) is 1. The molecule has 4 aromatic rings. The molecule has 1 fully saturated rings. The second kappa shape index (κ2) is 14.8. The molecule has 9 heteroatoms. The number of anilines is 1. The van der Waals surface area contributed by atoms with Crippen molar-refractivity contribution in [3.8, 4) is 0 Å². The van der Waals surface area contributed by atoms with Crippen LogP contribution in [0.15, 0.2) is 114 Å². The third-order valence-corrected chi connectivity index (χ3v) is 10.2. The maximum Gasteiger partial charge on any atom is 0.264 e. The van der Waals surface area contributed by atoms with Gasteiger partial charge in [-0.15, -0.1) is 0 Å². The number of hydrogen-bond acceptors (Lipinski definition) is 4. The molecule has 5 rings (SSSR count). The van der Waals surface area contributed by atoms with Gasteiger partial charge in [-0.25, -0.2) is 8.42 Å². The first-order chi connectivity index (χ1) is 21.7. The normalized spacial score (nSPS) is 14.1. The standard InChI is InChI=1S/C36H38ClN3O4S/c1-27-16-18-29(19-17-27)25-39(34(24-28-10-4-2-5-11-28)36(42)38-31-12-8-9-13-31)35(41)26-40(32-14-6-3-7-15-32)45(43,44)33-22-20-30(37)21-23-33/h2-7,10-11,14-23,31,34H,8-9,12-13,24-26H2,1H3,(H,38,42). The molecule has 1 aliphatic rings. The molecule has 4 aromatic carbocycles. The summed E-state index contributed by atoms with van der Waals surface area (Å²) < 4.78 is 29.2. The largest absolute Gasteiger partial charge is 0.352 e. The minimum atomic E-state index is -4.17. The fourth-order valence-corrected chi connectivity index (χ4v) is 7.21. The summed E-state index contributed by atoms with van der Waals surface area (Å²) in [4.78, 5) is 30.1. The summed E-state index contributed by atoms with van der Waals surface area (Å²) in [6, 6.07) is 31.0. The van der Waals surface area contributed by atoms with Gasteiger partial charge in [0.2, 0.25) is 11.8 Å². The molecule has 1 saturated carbocycles. The molecule has 0 bridgehead atoms. The molecule has 0 spiro atoms. The molecule has 0 radical (unpaired) electrons. The van der Waals surface area contributed by atoms with Gasteiger partial charge in [-0.3, -0.25) is 13.9 Å². The van der Waals surface area contributed by atoms with E-state index in [1.54, 1.807) is 30.3 Å². The molecule has 7 nitrogen and oxygen atoms in total. The van der Waals surface area contributed by atoms with Crippen LogP contribution in [-0.4, -0.2) is 43.8 Å². The van der Waals surface area contributed by atoms with Crippen molar-refractivity contribution in [1.82, 2.24) is 10.2 Å². The van der Waals surface area contributed by atoms with E-state index < -0.39 is 28.5 Å². The van der Waals surface area contributed by atoms with Gasteiger partial charge in [-0.1, -0.05) is 103 Å². The third-order valence-electron chi connectivity index (χ3n) is 8.17. The summed E-state index contributed by atoms with van der Waals surface area (Å²) in [5, 5.41) is 3.60. The van der Waals surface area contributed by atoms with Gasteiger partial charge in [-0.05, 0) is 67.3 Å². The van der Waals surface area contributed by atoms with E-state index in [2.05, 4.69) is 5.32 Å². The maximum atomic E-state index is 14.5. The quantitative estimate of drug-likeness (QED) is 0.190. The highest BCUT2D eigenvalue weighted by Gasteiger charge is 2.35. The van der Waals surface area contributed by atoms with Gasteiger partial charge in [0.05, 0.1) is 10.6 Å². The van der Waals surface area contributed by atoms with Crippen LogP contribution in [0.5, 0.6) is 0 Å². The van der Waals surface area contributed by atoms with Crippen molar-refractivity contribution >= 4 is 39.1 Å². The van der Waals surface area contributed by atoms with E-state index in [0.29, 0.717) is 10.7 Å². The Morgan fingerprint density at radius 3 is 2.04 bits per heavy atom. The SMILES string of the molecule is Cc1ccc(CN(C(=O)CN(c2ccccc2)S(=O)(=O)c2ccc(Cl)cc2)C(Cc2ccccc2)C(=O)NC2CCCC2)cc1. The topological polar surface area (TPSA) is 86.8 Å². The first-order valence-electron chi connectivity index (χ1n) is 15.2. The van der Waals surface area contributed by atoms with E-state index in [1.165, 1.54) is 29.2 Å². The van der Waals surface area contributed by atoms with Crippen molar-refractivity contribution in [2.24, 2.45) is 0 Å². The Bertz CT molecular complexity index is 1680. The number of halogens is 1. The van der Waals surface area contributed by atoms with Crippen LogP contribution in [0.4, 0.5) is 5.69 Å². The minimum Gasteiger partial charge on any atom is -0.352 e. The first kappa shape index (κ1) is 32.3. The van der Waals surface area contributed by atoms with Crippen LogP contribution in [0.3, 0.4) is 0 Å². The van der Waals surface area contributed by atoms with E-state index in [4.69, 9.17) is 11.6 Å². The lowest BCUT2D eigenvalue weighted by Crippen LogP contribution is -2.54. The summed E-state index contributed by atoms with van der Waals surface area (Å²) in [6.07, 6.45) is 4.18.